The molecule has 0 unspecified atom stereocenters. The minimum absolute atomic E-state index is 0.240. The summed E-state index contributed by atoms with van der Waals surface area (Å²) in [6, 6.07) is 17.8. The quantitative estimate of drug-likeness (QED) is 0.544. The zero-order valence-corrected chi connectivity index (χ0v) is 16.8. The highest BCUT2D eigenvalue weighted by Gasteiger charge is 2.16. The van der Waals surface area contributed by atoms with E-state index in [2.05, 4.69) is 15.6 Å². The van der Waals surface area contributed by atoms with Crippen LogP contribution in [0.25, 0.3) is 0 Å². The summed E-state index contributed by atoms with van der Waals surface area (Å²) in [6.07, 6.45) is 0.748. The molecule has 0 aromatic heterocycles. The highest BCUT2D eigenvalue weighted by atomic mass is 32.2. The Kier molecular flexibility index (Phi) is 6.09. The normalized spacial score (nSPS) is 12.3. The molecule has 0 saturated heterocycles. The van der Waals surface area contributed by atoms with Gasteiger partial charge in [0.15, 0.2) is 0 Å². The van der Waals surface area contributed by atoms with E-state index in [4.69, 9.17) is 0 Å². The molecule has 7 heteroatoms. The van der Waals surface area contributed by atoms with Gasteiger partial charge in [-0.3, -0.25) is 0 Å². The minimum atomic E-state index is -0.341. The van der Waals surface area contributed by atoms with E-state index in [1.807, 2.05) is 18.2 Å². The van der Waals surface area contributed by atoms with Crippen LogP contribution in [0.4, 0.5) is 25.0 Å². The average molecular weight is 423 g/mol. The number of urea groups is 1. The van der Waals surface area contributed by atoms with Crippen LogP contribution in [0.2, 0.25) is 0 Å². The lowest BCUT2D eigenvalue weighted by atomic mass is 10.1. The van der Waals surface area contributed by atoms with Gasteiger partial charge in [-0.1, -0.05) is 30.3 Å². The highest BCUT2D eigenvalue weighted by molar-refractivity contribution is 8.13. The van der Waals surface area contributed by atoms with Gasteiger partial charge in [-0.05, 0) is 53.1 Å². The topological polar surface area (TPSA) is 53.5 Å². The number of carbonyl (C=O) groups is 1. The second-order valence-corrected chi connectivity index (χ2v) is 7.92. The number of thioether (sulfide) groups is 1. The molecule has 3 aromatic carbocycles. The summed E-state index contributed by atoms with van der Waals surface area (Å²) in [6.45, 7) is 0.305. The first-order chi connectivity index (χ1) is 14.5. The first-order valence-electron chi connectivity index (χ1n) is 9.42. The molecule has 30 heavy (non-hydrogen) atoms. The average Bonchev–Trinajstić information content (AvgIpc) is 3.15. The molecule has 2 amide bonds. The second kappa shape index (κ2) is 9.09. The van der Waals surface area contributed by atoms with Crippen LogP contribution in [0, 0.1) is 11.6 Å². The number of nitrogens with one attached hydrogen (secondary N) is 2. The monoisotopic (exact) mass is 423 g/mol. The molecular weight excluding hydrogens is 404 g/mol. The minimum Gasteiger partial charge on any atom is -0.334 e. The number of carbonyl (C=O) groups excluding carboxylic acids is 1. The molecule has 4 nitrogen and oxygen atoms in total. The van der Waals surface area contributed by atoms with Crippen molar-refractivity contribution in [1.82, 2.24) is 5.32 Å². The van der Waals surface area contributed by atoms with Gasteiger partial charge in [0.1, 0.15) is 11.6 Å². The van der Waals surface area contributed by atoms with Gasteiger partial charge in [-0.15, -0.1) is 11.8 Å². The molecule has 0 bridgehead atoms. The molecule has 0 fully saturated rings. The number of rotatable bonds is 5. The van der Waals surface area contributed by atoms with Crippen molar-refractivity contribution in [2.24, 2.45) is 4.99 Å². The number of halogens is 2. The molecule has 0 radical (unpaired) electrons. The van der Waals surface area contributed by atoms with E-state index < -0.39 is 0 Å². The maximum absolute atomic E-state index is 13.0. The van der Waals surface area contributed by atoms with Crippen molar-refractivity contribution in [3.05, 3.63) is 95.1 Å². The number of nitrogens with zero attached hydrogens (tertiary/aromatic N) is 1. The molecule has 152 valence electrons. The Balaban J connectivity index is 1.31. The molecule has 1 aliphatic rings. The molecule has 1 heterocycles. The van der Waals surface area contributed by atoms with Gasteiger partial charge < -0.3 is 10.6 Å². The van der Waals surface area contributed by atoms with Crippen LogP contribution in [0.5, 0.6) is 0 Å². The predicted molar refractivity (Wildman–Crippen MR) is 117 cm³/mol. The van der Waals surface area contributed by atoms with Gasteiger partial charge >= 0.3 is 6.03 Å². The zero-order chi connectivity index (χ0) is 20.9. The Morgan fingerprint density at radius 2 is 1.60 bits per heavy atom. The van der Waals surface area contributed by atoms with Gasteiger partial charge in [-0.25, -0.2) is 18.6 Å². The lowest BCUT2D eigenvalue weighted by Gasteiger charge is -2.08. The molecule has 0 saturated carbocycles. The van der Waals surface area contributed by atoms with Crippen LogP contribution in [-0.2, 0) is 18.7 Å². The number of anilines is 1. The summed E-state index contributed by atoms with van der Waals surface area (Å²) < 4.78 is 25.9. The van der Waals surface area contributed by atoms with Crippen LogP contribution in [0.15, 0.2) is 71.7 Å². The number of aliphatic imine (C=N–C) groups is 1. The van der Waals surface area contributed by atoms with E-state index in [9.17, 15) is 13.6 Å². The van der Waals surface area contributed by atoms with Gasteiger partial charge in [0.05, 0.1) is 10.7 Å². The summed E-state index contributed by atoms with van der Waals surface area (Å²) in [5, 5.41) is 6.54. The van der Waals surface area contributed by atoms with Crippen molar-refractivity contribution in [2.75, 3.05) is 5.32 Å². The van der Waals surface area contributed by atoms with E-state index in [1.54, 1.807) is 36.0 Å². The molecule has 0 spiro atoms. The van der Waals surface area contributed by atoms with Crippen LogP contribution >= 0.6 is 11.8 Å². The maximum Gasteiger partial charge on any atom is 0.319 e. The highest BCUT2D eigenvalue weighted by Crippen LogP contribution is 2.33. The molecular formula is C23H19F2N3OS. The van der Waals surface area contributed by atoms with Crippen LogP contribution in [0.3, 0.4) is 0 Å². The lowest BCUT2D eigenvalue weighted by molar-refractivity contribution is 0.251. The van der Waals surface area contributed by atoms with Crippen molar-refractivity contribution in [1.29, 1.82) is 0 Å². The third-order valence-corrected chi connectivity index (χ3v) is 5.66. The van der Waals surface area contributed by atoms with E-state index in [0.717, 1.165) is 39.6 Å². The number of amides is 2. The molecule has 2 N–H and O–H groups in total. The van der Waals surface area contributed by atoms with Crippen molar-refractivity contribution in [3.63, 3.8) is 0 Å². The van der Waals surface area contributed by atoms with Crippen molar-refractivity contribution in [2.45, 2.75) is 18.7 Å². The smallest absolute Gasteiger partial charge is 0.319 e. The van der Waals surface area contributed by atoms with Crippen molar-refractivity contribution in [3.8, 4) is 0 Å². The Morgan fingerprint density at radius 3 is 2.30 bits per heavy atom. The Hall–Kier alpha value is -3.19. The van der Waals surface area contributed by atoms with Crippen LogP contribution < -0.4 is 10.6 Å². The molecule has 1 aliphatic heterocycles. The van der Waals surface area contributed by atoms with Crippen molar-refractivity contribution < 1.29 is 13.6 Å². The molecule has 4 rings (SSSR count). The van der Waals surface area contributed by atoms with E-state index >= 15 is 0 Å². The van der Waals surface area contributed by atoms with Crippen LogP contribution in [0.1, 0.15) is 16.7 Å². The van der Waals surface area contributed by atoms with Gasteiger partial charge in [0, 0.05) is 24.4 Å². The second-order valence-electron chi connectivity index (χ2n) is 6.88. The third kappa shape index (κ3) is 5.24. The van der Waals surface area contributed by atoms with E-state index in [0.29, 0.717) is 12.2 Å². The standard InChI is InChI=1S/C23H19F2N3OS/c24-18-6-1-15(2-7-18)13-26-23(29)27-20-10-5-17-11-22(28-21(17)12-20)30-14-16-3-8-19(25)9-4-16/h1-10,12H,11,13-14H2,(H2,26,27,29). The Morgan fingerprint density at radius 1 is 0.933 bits per heavy atom. The summed E-state index contributed by atoms with van der Waals surface area (Å²) in [7, 11) is 0. The third-order valence-electron chi connectivity index (χ3n) is 4.62. The van der Waals surface area contributed by atoms with Crippen LogP contribution in [-0.4, -0.2) is 11.1 Å². The maximum atomic E-state index is 13.0. The summed E-state index contributed by atoms with van der Waals surface area (Å²) >= 11 is 1.63. The Bertz CT molecular complexity index is 1080. The Labute approximate surface area is 177 Å². The fourth-order valence-electron chi connectivity index (χ4n) is 3.02. The number of hydrogen-bond donors (Lipinski definition) is 2. The number of fused-ring (bicyclic) bond motifs is 1. The SMILES string of the molecule is O=C(NCc1ccc(F)cc1)Nc1ccc2c(c1)N=C(SCc1ccc(F)cc1)C2. The molecule has 3 aromatic rings. The van der Waals surface area contributed by atoms with Gasteiger partial charge in [0.25, 0.3) is 0 Å². The first-order valence-corrected chi connectivity index (χ1v) is 10.4. The summed E-state index contributed by atoms with van der Waals surface area (Å²) in [4.78, 5) is 16.8. The fourth-order valence-corrected chi connectivity index (χ4v) is 3.97. The number of benzene rings is 3. The van der Waals surface area contributed by atoms with Gasteiger partial charge in [0.2, 0.25) is 0 Å². The largest absolute Gasteiger partial charge is 0.334 e. The summed E-state index contributed by atoms with van der Waals surface area (Å²) in [5.74, 6) is 0.178. The fraction of sp³-hybridized carbons (Fsp3) is 0.130. The summed E-state index contributed by atoms with van der Waals surface area (Å²) in [5.41, 5.74) is 4.45. The van der Waals surface area contributed by atoms with Crippen molar-refractivity contribution >= 4 is 34.2 Å². The first kappa shape index (κ1) is 20.1. The molecule has 0 atom stereocenters. The lowest BCUT2D eigenvalue weighted by Crippen LogP contribution is -2.28. The van der Waals surface area contributed by atoms with Gasteiger partial charge in [-0.2, -0.15) is 0 Å². The predicted octanol–water partition coefficient (Wildman–Crippen LogP) is 5.81. The van der Waals surface area contributed by atoms with E-state index in [1.165, 1.54) is 24.3 Å². The number of hydrogen-bond acceptors (Lipinski definition) is 3. The zero-order valence-electron chi connectivity index (χ0n) is 16.0. The molecule has 0 aliphatic carbocycles. The van der Waals surface area contributed by atoms with E-state index in [-0.39, 0.29) is 17.7 Å².